The van der Waals surface area contributed by atoms with Gasteiger partial charge in [-0.15, -0.1) is 0 Å². The second kappa shape index (κ2) is 7.71. The molecule has 3 aromatic carbocycles. The Labute approximate surface area is 154 Å². The van der Waals surface area contributed by atoms with Gasteiger partial charge in [0.15, 0.2) is 0 Å². The van der Waals surface area contributed by atoms with Gasteiger partial charge < -0.3 is 4.57 Å². The molecule has 0 saturated heterocycles. The Balaban J connectivity index is 1.78. The van der Waals surface area contributed by atoms with Gasteiger partial charge >= 0.3 is 0 Å². The molecule has 0 saturated carbocycles. The molecule has 0 bridgehead atoms. The van der Waals surface area contributed by atoms with Gasteiger partial charge in [-0.25, -0.2) is 0 Å². The third-order valence-electron chi connectivity index (χ3n) is 4.57. The second-order valence-corrected chi connectivity index (χ2v) is 6.30. The minimum atomic E-state index is 0.187. The summed E-state index contributed by atoms with van der Waals surface area (Å²) in [5.74, 6) is 0.187. The van der Waals surface area contributed by atoms with Crippen LogP contribution in [0.15, 0.2) is 115 Å². The van der Waals surface area contributed by atoms with E-state index in [1.54, 1.807) is 0 Å². The lowest BCUT2D eigenvalue weighted by Crippen LogP contribution is -2.05. The highest BCUT2D eigenvalue weighted by Crippen LogP contribution is 2.29. The summed E-state index contributed by atoms with van der Waals surface area (Å²) in [4.78, 5) is 0. The van der Waals surface area contributed by atoms with Crippen LogP contribution in [0.5, 0.6) is 0 Å². The summed E-state index contributed by atoms with van der Waals surface area (Å²) in [6.07, 6.45) is 6.64. The van der Waals surface area contributed by atoms with Crippen molar-refractivity contribution in [3.05, 3.63) is 132 Å². The summed E-state index contributed by atoms with van der Waals surface area (Å²) in [5, 5.41) is 0. The van der Waals surface area contributed by atoms with E-state index in [-0.39, 0.29) is 5.92 Å². The van der Waals surface area contributed by atoms with E-state index in [1.165, 1.54) is 22.5 Å². The van der Waals surface area contributed by atoms with Gasteiger partial charge in [-0.3, -0.25) is 0 Å². The number of hydrogen-bond donors (Lipinski definition) is 0. The Morgan fingerprint density at radius 2 is 1.23 bits per heavy atom. The molecule has 26 heavy (non-hydrogen) atoms. The van der Waals surface area contributed by atoms with E-state index in [4.69, 9.17) is 0 Å². The fraction of sp³-hybridized carbons (Fsp3) is 0.0400. The van der Waals surface area contributed by atoms with E-state index in [2.05, 4.69) is 120 Å². The van der Waals surface area contributed by atoms with Crippen LogP contribution in [0, 0.1) is 0 Å². The number of allylic oxidation sites excluding steroid dienone is 1. The van der Waals surface area contributed by atoms with Crippen molar-refractivity contribution in [2.45, 2.75) is 5.92 Å². The molecule has 0 fully saturated rings. The monoisotopic (exact) mass is 335 g/mol. The highest BCUT2D eigenvalue weighted by Gasteiger charge is 2.15. The third-order valence-corrected chi connectivity index (χ3v) is 4.57. The summed E-state index contributed by atoms with van der Waals surface area (Å²) in [6, 6.07) is 36.0. The third kappa shape index (κ3) is 3.52. The van der Waals surface area contributed by atoms with E-state index in [1.807, 2.05) is 6.07 Å². The summed E-state index contributed by atoms with van der Waals surface area (Å²) >= 11 is 0. The fourth-order valence-corrected chi connectivity index (χ4v) is 3.28. The van der Waals surface area contributed by atoms with Crippen molar-refractivity contribution in [1.29, 1.82) is 0 Å². The van der Waals surface area contributed by atoms with E-state index in [0.717, 1.165) is 0 Å². The maximum atomic E-state index is 2.29. The molecule has 0 aliphatic rings. The second-order valence-electron chi connectivity index (χ2n) is 6.30. The molecule has 1 heterocycles. The Morgan fingerprint density at radius 3 is 1.92 bits per heavy atom. The van der Waals surface area contributed by atoms with Gasteiger partial charge in [-0.2, -0.15) is 0 Å². The lowest BCUT2D eigenvalue weighted by Gasteiger charge is -2.17. The number of rotatable bonds is 5. The Hall–Kier alpha value is -3.32. The standard InChI is InChI=1S/C25H21N/c1-4-11-21(12-5-1)18-19-24(22-13-6-2-7-14-22)25-17-10-20-26(25)23-15-8-3-9-16-23/h1-20,24H/b19-18-. The maximum absolute atomic E-state index is 2.29. The zero-order valence-corrected chi connectivity index (χ0v) is 14.6. The Morgan fingerprint density at radius 1 is 0.615 bits per heavy atom. The van der Waals surface area contributed by atoms with Gasteiger partial charge in [0.05, 0.1) is 0 Å². The van der Waals surface area contributed by atoms with Crippen molar-refractivity contribution in [3.63, 3.8) is 0 Å². The van der Waals surface area contributed by atoms with Crippen LogP contribution >= 0.6 is 0 Å². The molecular weight excluding hydrogens is 314 g/mol. The number of hydrogen-bond acceptors (Lipinski definition) is 0. The molecule has 1 unspecified atom stereocenters. The van der Waals surface area contributed by atoms with E-state index in [0.29, 0.717) is 0 Å². The minimum absolute atomic E-state index is 0.187. The maximum Gasteiger partial charge on any atom is 0.0452 e. The summed E-state index contributed by atoms with van der Waals surface area (Å²) in [5.41, 5.74) is 4.94. The van der Waals surface area contributed by atoms with E-state index in [9.17, 15) is 0 Å². The van der Waals surface area contributed by atoms with Gasteiger partial charge in [0.1, 0.15) is 0 Å². The molecule has 0 aliphatic heterocycles. The lowest BCUT2D eigenvalue weighted by atomic mass is 9.94. The van der Waals surface area contributed by atoms with Gasteiger partial charge in [-0.05, 0) is 35.4 Å². The zero-order chi connectivity index (χ0) is 17.6. The minimum Gasteiger partial charge on any atom is -0.320 e. The van der Waals surface area contributed by atoms with Crippen LogP contribution in [-0.4, -0.2) is 4.57 Å². The Bertz CT molecular complexity index is 966. The van der Waals surface area contributed by atoms with E-state index < -0.39 is 0 Å². The number of benzene rings is 3. The molecule has 1 nitrogen and oxygen atoms in total. The molecule has 126 valence electrons. The number of aromatic nitrogens is 1. The molecule has 0 radical (unpaired) electrons. The lowest BCUT2D eigenvalue weighted by molar-refractivity contribution is 0.890. The first-order chi connectivity index (χ1) is 12.9. The molecule has 1 aromatic heterocycles. The van der Waals surface area contributed by atoms with Crippen LogP contribution in [-0.2, 0) is 0 Å². The average Bonchev–Trinajstić information content (AvgIpc) is 3.20. The quantitative estimate of drug-likeness (QED) is 0.402. The van der Waals surface area contributed by atoms with Gasteiger partial charge in [0.2, 0.25) is 0 Å². The van der Waals surface area contributed by atoms with Crippen molar-refractivity contribution in [3.8, 4) is 5.69 Å². The van der Waals surface area contributed by atoms with Crippen LogP contribution in [0.4, 0.5) is 0 Å². The molecule has 0 aliphatic carbocycles. The number of nitrogens with zero attached hydrogens (tertiary/aromatic N) is 1. The molecule has 1 heteroatoms. The molecule has 4 rings (SSSR count). The van der Waals surface area contributed by atoms with E-state index >= 15 is 0 Å². The molecule has 0 N–H and O–H groups in total. The van der Waals surface area contributed by atoms with Crippen molar-refractivity contribution in [2.24, 2.45) is 0 Å². The van der Waals surface area contributed by atoms with Crippen molar-refractivity contribution < 1.29 is 0 Å². The van der Waals surface area contributed by atoms with Crippen LogP contribution in [0.2, 0.25) is 0 Å². The van der Waals surface area contributed by atoms with Gasteiger partial charge in [-0.1, -0.05) is 91.0 Å². The topological polar surface area (TPSA) is 4.93 Å². The van der Waals surface area contributed by atoms with Crippen LogP contribution < -0.4 is 0 Å². The molecule has 0 spiro atoms. The zero-order valence-electron chi connectivity index (χ0n) is 14.6. The summed E-state index contributed by atoms with van der Waals surface area (Å²) < 4.78 is 2.27. The first-order valence-corrected chi connectivity index (χ1v) is 8.93. The molecular formula is C25H21N. The smallest absolute Gasteiger partial charge is 0.0452 e. The summed E-state index contributed by atoms with van der Waals surface area (Å²) in [6.45, 7) is 0. The molecule has 4 aromatic rings. The first-order valence-electron chi connectivity index (χ1n) is 8.93. The van der Waals surface area contributed by atoms with Crippen molar-refractivity contribution in [1.82, 2.24) is 4.57 Å². The first kappa shape index (κ1) is 16.2. The predicted octanol–water partition coefficient (Wildman–Crippen LogP) is 6.32. The van der Waals surface area contributed by atoms with Gasteiger partial charge in [0, 0.05) is 23.5 Å². The number of para-hydroxylation sites is 1. The molecule has 0 amide bonds. The molecule has 1 atom stereocenters. The normalized spacial score (nSPS) is 12.3. The summed E-state index contributed by atoms with van der Waals surface area (Å²) in [7, 11) is 0. The largest absolute Gasteiger partial charge is 0.320 e. The highest BCUT2D eigenvalue weighted by molar-refractivity contribution is 5.53. The fourth-order valence-electron chi connectivity index (χ4n) is 3.28. The Kier molecular flexibility index (Phi) is 4.79. The SMILES string of the molecule is C(=C/C(c1ccccc1)c1cccn1-c1ccccc1)/c1ccccc1. The van der Waals surface area contributed by atoms with Crippen LogP contribution in [0.3, 0.4) is 0 Å². The van der Waals surface area contributed by atoms with Crippen LogP contribution in [0.1, 0.15) is 22.7 Å². The average molecular weight is 335 g/mol. The highest BCUT2D eigenvalue weighted by atomic mass is 15.0. The van der Waals surface area contributed by atoms with Gasteiger partial charge in [0.25, 0.3) is 0 Å². The van der Waals surface area contributed by atoms with Crippen molar-refractivity contribution >= 4 is 6.08 Å². The predicted molar refractivity (Wildman–Crippen MR) is 110 cm³/mol. The van der Waals surface area contributed by atoms with Crippen molar-refractivity contribution in [2.75, 3.05) is 0 Å². The van der Waals surface area contributed by atoms with Crippen LogP contribution in [0.25, 0.3) is 11.8 Å².